The van der Waals surface area contributed by atoms with E-state index in [4.69, 9.17) is 14.2 Å². The second-order valence-electron chi connectivity index (χ2n) is 4.56. The number of aromatic nitrogens is 1. The number of carbonyl (C=O) groups is 1. The number of hydrogen-bond donors (Lipinski definition) is 2. The molecule has 0 atom stereocenters. The summed E-state index contributed by atoms with van der Waals surface area (Å²) < 4.78 is 15.7. The molecule has 6 heteroatoms. The first-order valence-corrected chi connectivity index (χ1v) is 6.33. The Morgan fingerprint density at radius 2 is 1.95 bits per heavy atom. The first-order valence-electron chi connectivity index (χ1n) is 6.33. The first-order chi connectivity index (χ1) is 9.71. The minimum atomic E-state index is -0.401. The Morgan fingerprint density at radius 1 is 1.20 bits per heavy atom. The monoisotopic (exact) mass is 276 g/mol. The highest BCUT2D eigenvalue weighted by atomic mass is 16.5. The summed E-state index contributed by atoms with van der Waals surface area (Å²) in [6.07, 6.45) is 0.880. The van der Waals surface area contributed by atoms with Crippen LogP contribution in [0.4, 0.5) is 5.69 Å². The number of H-pyrrole nitrogens is 1. The second kappa shape index (κ2) is 4.63. The van der Waals surface area contributed by atoms with Crippen LogP contribution in [0.3, 0.4) is 0 Å². The summed E-state index contributed by atoms with van der Waals surface area (Å²) in [7, 11) is 4.54. The number of ether oxygens (including phenoxy) is 3. The SMILES string of the molecule is COC(=O)c1cc2c3c(c(OC)c(OC)c2[nH]1)NCC3. The van der Waals surface area contributed by atoms with E-state index in [2.05, 4.69) is 10.3 Å². The molecule has 0 spiro atoms. The van der Waals surface area contributed by atoms with E-state index in [1.54, 1.807) is 20.3 Å². The van der Waals surface area contributed by atoms with Crippen LogP contribution in [0.15, 0.2) is 6.07 Å². The molecule has 1 aromatic carbocycles. The lowest BCUT2D eigenvalue weighted by Crippen LogP contribution is -2.01. The lowest BCUT2D eigenvalue weighted by Gasteiger charge is -2.14. The van der Waals surface area contributed by atoms with E-state index in [9.17, 15) is 4.79 Å². The average molecular weight is 276 g/mol. The molecule has 6 nitrogen and oxygen atoms in total. The van der Waals surface area contributed by atoms with Gasteiger partial charge in [-0.25, -0.2) is 4.79 Å². The maximum absolute atomic E-state index is 11.7. The average Bonchev–Trinajstić information content (AvgIpc) is 3.10. The Balaban J connectivity index is 2.34. The van der Waals surface area contributed by atoms with E-state index in [1.165, 1.54) is 7.11 Å². The van der Waals surface area contributed by atoms with E-state index >= 15 is 0 Å². The minimum Gasteiger partial charge on any atom is -0.491 e. The molecule has 1 aliphatic rings. The maximum Gasteiger partial charge on any atom is 0.354 e. The Bertz CT molecular complexity index is 690. The number of fused-ring (bicyclic) bond motifs is 3. The standard InChI is InChI=1S/C14H16N2O4/c1-18-12-10-7(4-5-15-10)8-6-9(14(17)20-3)16-11(8)13(12)19-2/h6,15-16H,4-5H2,1-3H3. The fourth-order valence-corrected chi connectivity index (χ4v) is 2.74. The highest BCUT2D eigenvalue weighted by Crippen LogP contribution is 2.47. The number of methoxy groups -OCH3 is 3. The number of nitrogens with one attached hydrogen (secondary N) is 2. The first kappa shape index (κ1) is 12.7. The van der Waals surface area contributed by atoms with Crippen LogP contribution in [0.25, 0.3) is 10.9 Å². The van der Waals surface area contributed by atoms with Crippen LogP contribution in [-0.4, -0.2) is 38.8 Å². The van der Waals surface area contributed by atoms with Crippen LogP contribution in [-0.2, 0) is 11.2 Å². The molecule has 0 saturated carbocycles. The number of rotatable bonds is 3. The molecule has 2 N–H and O–H groups in total. The summed E-state index contributed by atoms with van der Waals surface area (Å²) in [5, 5.41) is 4.27. The molecule has 1 aromatic heterocycles. The molecule has 0 saturated heterocycles. The van der Waals surface area contributed by atoms with Crippen molar-refractivity contribution in [2.75, 3.05) is 33.2 Å². The Morgan fingerprint density at radius 3 is 2.60 bits per heavy atom. The van der Waals surface area contributed by atoms with Gasteiger partial charge in [0.1, 0.15) is 5.69 Å². The van der Waals surface area contributed by atoms with E-state index in [0.29, 0.717) is 17.2 Å². The molecular weight excluding hydrogens is 260 g/mol. The molecule has 3 rings (SSSR count). The highest BCUT2D eigenvalue weighted by Gasteiger charge is 2.26. The van der Waals surface area contributed by atoms with Gasteiger partial charge >= 0.3 is 5.97 Å². The zero-order valence-electron chi connectivity index (χ0n) is 11.6. The Hall–Kier alpha value is -2.37. The smallest absolute Gasteiger partial charge is 0.354 e. The molecule has 2 heterocycles. The van der Waals surface area contributed by atoms with E-state index < -0.39 is 5.97 Å². The summed E-state index contributed by atoms with van der Waals surface area (Å²) in [6, 6.07) is 1.80. The molecule has 1 aliphatic heterocycles. The van der Waals surface area contributed by atoms with Crippen molar-refractivity contribution < 1.29 is 19.0 Å². The summed E-state index contributed by atoms with van der Waals surface area (Å²) >= 11 is 0. The predicted molar refractivity (Wildman–Crippen MR) is 74.9 cm³/mol. The summed E-state index contributed by atoms with van der Waals surface area (Å²) in [5.74, 6) is 0.846. The lowest BCUT2D eigenvalue weighted by molar-refractivity contribution is 0.0595. The van der Waals surface area contributed by atoms with Crippen molar-refractivity contribution in [2.24, 2.45) is 0 Å². The Labute approximate surface area is 116 Å². The van der Waals surface area contributed by atoms with Gasteiger partial charge in [0, 0.05) is 11.9 Å². The minimum absolute atomic E-state index is 0.401. The largest absolute Gasteiger partial charge is 0.491 e. The third-order valence-electron chi connectivity index (χ3n) is 3.60. The Kier molecular flexibility index (Phi) is 2.93. The highest BCUT2D eigenvalue weighted by molar-refractivity contribution is 6.03. The number of esters is 1. The number of hydrogen-bond acceptors (Lipinski definition) is 5. The topological polar surface area (TPSA) is 72.6 Å². The molecule has 20 heavy (non-hydrogen) atoms. The van der Waals surface area contributed by atoms with Crippen molar-refractivity contribution in [1.29, 1.82) is 0 Å². The third kappa shape index (κ3) is 1.61. The maximum atomic E-state index is 11.7. The van der Waals surface area contributed by atoms with Crippen LogP contribution in [0.1, 0.15) is 16.1 Å². The third-order valence-corrected chi connectivity index (χ3v) is 3.60. The molecule has 0 unspecified atom stereocenters. The zero-order valence-corrected chi connectivity index (χ0v) is 11.6. The molecule has 2 aromatic rings. The second-order valence-corrected chi connectivity index (χ2v) is 4.56. The molecular formula is C14H16N2O4. The zero-order chi connectivity index (χ0) is 14.3. The summed E-state index contributed by atoms with van der Waals surface area (Å²) in [6.45, 7) is 0.840. The summed E-state index contributed by atoms with van der Waals surface area (Å²) in [4.78, 5) is 14.8. The predicted octanol–water partition coefficient (Wildman–Crippen LogP) is 1.94. The van der Waals surface area contributed by atoms with Gasteiger partial charge in [-0.3, -0.25) is 0 Å². The van der Waals surface area contributed by atoms with Crippen molar-refractivity contribution >= 4 is 22.6 Å². The van der Waals surface area contributed by atoms with Gasteiger partial charge in [0.15, 0.2) is 11.5 Å². The fourth-order valence-electron chi connectivity index (χ4n) is 2.74. The number of carbonyl (C=O) groups excluding carboxylic acids is 1. The van der Waals surface area contributed by atoms with Gasteiger partial charge in [-0.2, -0.15) is 0 Å². The van der Waals surface area contributed by atoms with Gasteiger partial charge < -0.3 is 24.5 Å². The van der Waals surface area contributed by atoms with Crippen molar-refractivity contribution in [2.45, 2.75) is 6.42 Å². The number of anilines is 1. The lowest BCUT2D eigenvalue weighted by atomic mass is 10.1. The molecule has 0 fully saturated rings. The molecule has 0 radical (unpaired) electrons. The van der Waals surface area contributed by atoms with Crippen LogP contribution in [0, 0.1) is 0 Å². The quantitative estimate of drug-likeness (QED) is 0.838. The van der Waals surface area contributed by atoms with Crippen molar-refractivity contribution in [3.8, 4) is 11.5 Å². The van der Waals surface area contributed by atoms with Crippen LogP contribution >= 0.6 is 0 Å². The van der Waals surface area contributed by atoms with Gasteiger partial charge in [-0.05, 0) is 18.1 Å². The molecule has 106 valence electrons. The summed E-state index contributed by atoms with van der Waals surface area (Å²) in [5.41, 5.74) is 3.23. The number of aromatic amines is 1. The van der Waals surface area contributed by atoms with Gasteiger partial charge in [-0.15, -0.1) is 0 Å². The van der Waals surface area contributed by atoms with Crippen LogP contribution in [0.2, 0.25) is 0 Å². The van der Waals surface area contributed by atoms with Gasteiger partial charge in [0.05, 0.1) is 32.5 Å². The molecule has 0 amide bonds. The van der Waals surface area contributed by atoms with Gasteiger partial charge in [0.25, 0.3) is 0 Å². The van der Waals surface area contributed by atoms with Gasteiger partial charge in [0.2, 0.25) is 0 Å². The van der Waals surface area contributed by atoms with Crippen LogP contribution < -0.4 is 14.8 Å². The van der Waals surface area contributed by atoms with Crippen molar-refractivity contribution in [3.63, 3.8) is 0 Å². The fraction of sp³-hybridized carbons (Fsp3) is 0.357. The van der Waals surface area contributed by atoms with Gasteiger partial charge in [-0.1, -0.05) is 0 Å². The van der Waals surface area contributed by atoms with E-state index in [1.807, 2.05) is 0 Å². The normalized spacial score (nSPS) is 12.9. The van der Waals surface area contributed by atoms with Crippen molar-refractivity contribution in [1.82, 2.24) is 4.98 Å². The molecule has 0 aliphatic carbocycles. The van der Waals surface area contributed by atoms with Crippen LogP contribution in [0.5, 0.6) is 11.5 Å². The van der Waals surface area contributed by atoms with E-state index in [-0.39, 0.29) is 0 Å². The number of benzene rings is 1. The van der Waals surface area contributed by atoms with E-state index in [0.717, 1.165) is 35.1 Å². The van der Waals surface area contributed by atoms with Crippen molar-refractivity contribution in [3.05, 3.63) is 17.3 Å². The molecule has 0 bridgehead atoms.